The number of rotatable bonds is 3. The van der Waals surface area contributed by atoms with Crippen molar-refractivity contribution in [1.82, 2.24) is 14.9 Å². The van der Waals surface area contributed by atoms with Crippen LogP contribution < -0.4 is 4.74 Å². The molecule has 7 rings (SSSR count). The van der Waals surface area contributed by atoms with Crippen LogP contribution >= 0.6 is 0 Å². The minimum absolute atomic E-state index is 0.270. The maximum atomic E-state index is 13.2. The third-order valence-electron chi connectivity index (χ3n) is 6.76. The number of carbonyl (C=O) groups is 2. The molecule has 2 amide bonds. The fraction of sp³-hybridized carbons (Fsp3) is 0.0714. The van der Waals surface area contributed by atoms with Crippen LogP contribution in [0.4, 0.5) is 0 Å². The largest absolute Gasteiger partial charge is 0.489 e. The second kappa shape index (κ2) is 6.71. The van der Waals surface area contributed by atoms with Crippen LogP contribution in [-0.4, -0.2) is 33.7 Å². The van der Waals surface area contributed by atoms with Crippen LogP contribution in [-0.2, 0) is 6.61 Å². The van der Waals surface area contributed by atoms with Gasteiger partial charge < -0.3 is 14.7 Å². The summed E-state index contributed by atoms with van der Waals surface area (Å²) < 4.78 is 6.02. The SMILES string of the molecule is CN1C(=O)c2c(c3c4ccc(OCc5ccccc5)cc4[nH]c3c3[nH]c4ccccc4c23)C1=O. The number of benzene rings is 4. The number of para-hydroxylation sites is 1. The third kappa shape index (κ3) is 2.45. The van der Waals surface area contributed by atoms with Gasteiger partial charge in [0.25, 0.3) is 11.8 Å². The predicted molar refractivity (Wildman–Crippen MR) is 132 cm³/mol. The van der Waals surface area contributed by atoms with Gasteiger partial charge in [0.05, 0.1) is 27.7 Å². The summed E-state index contributed by atoms with van der Waals surface area (Å²) in [5.41, 5.74) is 5.44. The Labute approximate surface area is 193 Å². The molecule has 0 atom stereocenters. The molecule has 6 aromatic rings. The van der Waals surface area contributed by atoms with E-state index < -0.39 is 0 Å². The molecule has 0 spiro atoms. The predicted octanol–water partition coefficient (Wildman–Crippen LogP) is 5.76. The molecule has 0 saturated heterocycles. The van der Waals surface area contributed by atoms with Crippen molar-refractivity contribution in [3.8, 4) is 5.75 Å². The number of aromatic nitrogens is 2. The molecule has 1 aliphatic heterocycles. The fourth-order valence-corrected chi connectivity index (χ4v) is 5.15. The topological polar surface area (TPSA) is 78.2 Å². The van der Waals surface area contributed by atoms with Gasteiger partial charge in [-0.15, -0.1) is 0 Å². The zero-order valence-electron chi connectivity index (χ0n) is 18.3. The number of nitrogens with one attached hydrogen (secondary N) is 2. The van der Waals surface area contributed by atoms with Gasteiger partial charge in [-0.3, -0.25) is 14.5 Å². The maximum absolute atomic E-state index is 13.2. The van der Waals surface area contributed by atoms with Crippen LogP contribution in [0, 0.1) is 0 Å². The molecule has 0 fully saturated rings. The van der Waals surface area contributed by atoms with Gasteiger partial charge in [-0.1, -0.05) is 48.5 Å². The Hall–Kier alpha value is -4.58. The fourth-order valence-electron chi connectivity index (χ4n) is 5.15. The van der Waals surface area contributed by atoms with Crippen LogP contribution in [0.25, 0.3) is 43.6 Å². The highest BCUT2D eigenvalue weighted by Gasteiger charge is 2.38. The van der Waals surface area contributed by atoms with Gasteiger partial charge >= 0.3 is 0 Å². The monoisotopic (exact) mass is 445 g/mol. The van der Waals surface area contributed by atoms with Gasteiger partial charge in [0, 0.05) is 40.2 Å². The number of nitrogens with zero attached hydrogens (tertiary/aromatic N) is 1. The molecule has 6 nitrogen and oxygen atoms in total. The number of carbonyl (C=O) groups excluding carboxylic acids is 2. The number of imide groups is 1. The smallest absolute Gasteiger partial charge is 0.262 e. The lowest BCUT2D eigenvalue weighted by Crippen LogP contribution is -2.24. The molecule has 3 heterocycles. The number of hydrogen-bond acceptors (Lipinski definition) is 3. The summed E-state index contributed by atoms with van der Waals surface area (Å²) >= 11 is 0. The number of amides is 2. The molecular weight excluding hydrogens is 426 g/mol. The molecule has 2 N–H and O–H groups in total. The minimum Gasteiger partial charge on any atom is -0.489 e. The Balaban J connectivity index is 1.50. The highest BCUT2D eigenvalue weighted by atomic mass is 16.5. The van der Waals surface area contributed by atoms with Crippen LogP contribution in [0.5, 0.6) is 5.75 Å². The zero-order chi connectivity index (χ0) is 23.0. The van der Waals surface area contributed by atoms with E-state index in [0.717, 1.165) is 54.9 Å². The van der Waals surface area contributed by atoms with Crippen molar-refractivity contribution >= 4 is 55.4 Å². The number of fused-ring (bicyclic) bond motifs is 10. The van der Waals surface area contributed by atoms with Gasteiger partial charge in [-0.25, -0.2) is 0 Å². The second-order valence-electron chi connectivity index (χ2n) is 8.70. The number of ether oxygens (including phenoxy) is 1. The Bertz CT molecular complexity index is 1810. The van der Waals surface area contributed by atoms with Crippen molar-refractivity contribution in [2.75, 3.05) is 7.05 Å². The van der Waals surface area contributed by atoms with Gasteiger partial charge in [0.2, 0.25) is 0 Å². The Morgan fingerprint density at radius 1 is 0.735 bits per heavy atom. The number of hydrogen-bond donors (Lipinski definition) is 2. The summed E-state index contributed by atoms with van der Waals surface area (Å²) in [5.74, 6) is 0.184. The summed E-state index contributed by atoms with van der Waals surface area (Å²) in [6.45, 7) is 0.464. The first-order valence-corrected chi connectivity index (χ1v) is 11.1. The Morgan fingerprint density at radius 2 is 1.35 bits per heavy atom. The van der Waals surface area contributed by atoms with E-state index in [1.165, 1.54) is 4.90 Å². The molecule has 0 radical (unpaired) electrons. The molecule has 0 unspecified atom stereocenters. The van der Waals surface area contributed by atoms with Crippen molar-refractivity contribution < 1.29 is 14.3 Å². The average molecular weight is 445 g/mol. The average Bonchev–Trinajstić information content (AvgIpc) is 3.50. The van der Waals surface area contributed by atoms with Crippen molar-refractivity contribution in [3.63, 3.8) is 0 Å². The first kappa shape index (κ1) is 18.9. The van der Waals surface area contributed by atoms with E-state index in [1.54, 1.807) is 7.05 Å². The quantitative estimate of drug-likeness (QED) is 0.340. The van der Waals surface area contributed by atoms with Gasteiger partial charge in [-0.05, 0) is 23.8 Å². The van der Waals surface area contributed by atoms with Gasteiger partial charge in [0.15, 0.2) is 0 Å². The molecule has 4 aromatic carbocycles. The second-order valence-corrected chi connectivity index (χ2v) is 8.70. The van der Waals surface area contributed by atoms with E-state index in [-0.39, 0.29) is 11.8 Å². The molecule has 0 bridgehead atoms. The lowest BCUT2D eigenvalue weighted by Gasteiger charge is -2.06. The van der Waals surface area contributed by atoms with E-state index in [1.807, 2.05) is 72.8 Å². The summed E-state index contributed by atoms with van der Waals surface area (Å²) in [6, 6.07) is 23.7. The highest BCUT2D eigenvalue weighted by Crippen LogP contribution is 2.43. The Kier molecular flexibility index (Phi) is 3.74. The van der Waals surface area contributed by atoms with E-state index in [4.69, 9.17) is 4.74 Å². The molecule has 0 saturated carbocycles. The highest BCUT2D eigenvalue weighted by molar-refractivity contribution is 6.39. The van der Waals surface area contributed by atoms with Crippen molar-refractivity contribution in [1.29, 1.82) is 0 Å². The van der Waals surface area contributed by atoms with Gasteiger partial charge in [0.1, 0.15) is 12.4 Å². The molecule has 0 aliphatic carbocycles. The van der Waals surface area contributed by atoms with E-state index in [0.29, 0.717) is 17.7 Å². The molecule has 1 aliphatic rings. The number of H-pyrrole nitrogens is 2. The zero-order valence-corrected chi connectivity index (χ0v) is 18.3. The summed E-state index contributed by atoms with van der Waals surface area (Å²) in [4.78, 5) is 34.6. The normalized spacial score (nSPS) is 13.6. The van der Waals surface area contributed by atoms with Crippen molar-refractivity contribution in [3.05, 3.63) is 89.5 Å². The standard InChI is InChI=1S/C28H19N3O3/c1-31-27(32)23-21-17-9-5-6-10-19(17)29-25(21)26-22(24(23)28(31)33)18-12-11-16(13-20(18)30-26)34-14-15-7-3-2-4-8-15/h2-13,29-30H,14H2,1H3. The summed E-state index contributed by atoms with van der Waals surface area (Å²) in [6.07, 6.45) is 0. The molecule has 6 heteroatoms. The molecular formula is C28H19N3O3. The van der Waals surface area contributed by atoms with Crippen LogP contribution in [0.2, 0.25) is 0 Å². The van der Waals surface area contributed by atoms with Crippen LogP contribution in [0.15, 0.2) is 72.8 Å². The van der Waals surface area contributed by atoms with Gasteiger partial charge in [-0.2, -0.15) is 0 Å². The maximum Gasteiger partial charge on any atom is 0.262 e. The third-order valence-corrected chi connectivity index (χ3v) is 6.76. The molecule has 34 heavy (non-hydrogen) atoms. The minimum atomic E-state index is -0.275. The number of aromatic amines is 2. The first-order valence-electron chi connectivity index (χ1n) is 11.1. The summed E-state index contributed by atoms with van der Waals surface area (Å²) in [5, 5.41) is 3.36. The Morgan fingerprint density at radius 3 is 2.09 bits per heavy atom. The van der Waals surface area contributed by atoms with E-state index in [9.17, 15) is 9.59 Å². The van der Waals surface area contributed by atoms with E-state index >= 15 is 0 Å². The molecule has 164 valence electrons. The lowest BCUT2D eigenvalue weighted by molar-refractivity contribution is 0.0694. The van der Waals surface area contributed by atoms with E-state index in [2.05, 4.69) is 9.97 Å². The first-order chi connectivity index (χ1) is 16.6. The van der Waals surface area contributed by atoms with Crippen LogP contribution in [0.3, 0.4) is 0 Å². The molecule has 2 aromatic heterocycles. The van der Waals surface area contributed by atoms with Crippen molar-refractivity contribution in [2.24, 2.45) is 0 Å². The summed E-state index contributed by atoms with van der Waals surface area (Å²) in [7, 11) is 1.54. The van der Waals surface area contributed by atoms with Crippen molar-refractivity contribution in [2.45, 2.75) is 6.61 Å². The van der Waals surface area contributed by atoms with Crippen LogP contribution in [0.1, 0.15) is 26.3 Å². The lowest BCUT2D eigenvalue weighted by atomic mass is 9.97.